The predicted molar refractivity (Wildman–Crippen MR) is 95.0 cm³/mol. The Balaban J connectivity index is 1.53. The molecule has 1 fully saturated rings. The zero-order valence-corrected chi connectivity index (χ0v) is 14.7. The summed E-state index contributed by atoms with van der Waals surface area (Å²) >= 11 is 0. The number of rotatable bonds is 4. The number of aromatic nitrogens is 3. The van der Waals surface area contributed by atoms with Gasteiger partial charge in [-0.25, -0.2) is 9.67 Å². The number of fused-ring (bicyclic) bond motifs is 1. The average molecular weight is 339 g/mol. The number of aryl methyl sites for hydroxylation is 2. The Morgan fingerprint density at radius 3 is 2.76 bits per heavy atom. The standard InChI is InChI=1S/C19H25N5O/c1-14-20-17-10-9-16(13-24(17)22-14)21-18(15-7-3-2-4-8-15)19(25)23-11-5-6-12-23/h2-4,7-8,16,18,21H,5-6,9-13H2,1H3. The molecule has 0 saturated carbocycles. The molecule has 25 heavy (non-hydrogen) atoms. The Bertz CT molecular complexity index is 736. The summed E-state index contributed by atoms with van der Waals surface area (Å²) in [5.74, 6) is 2.07. The number of hydrogen-bond donors (Lipinski definition) is 1. The number of carbonyl (C=O) groups excluding carboxylic acids is 1. The van der Waals surface area contributed by atoms with E-state index in [0.717, 1.165) is 62.5 Å². The quantitative estimate of drug-likeness (QED) is 0.923. The van der Waals surface area contributed by atoms with E-state index in [1.165, 1.54) is 0 Å². The van der Waals surface area contributed by atoms with E-state index >= 15 is 0 Å². The van der Waals surface area contributed by atoms with E-state index < -0.39 is 0 Å². The van der Waals surface area contributed by atoms with Crippen LogP contribution in [0.4, 0.5) is 0 Å². The monoisotopic (exact) mass is 339 g/mol. The number of carbonyl (C=O) groups is 1. The topological polar surface area (TPSA) is 63.1 Å². The maximum Gasteiger partial charge on any atom is 0.244 e. The Morgan fingerprint density at radius 1 is 1.24 bits per heavy atom. The minimum absolute atomic E-state index is 0.198. The number of nitrogens with zero attached hydrogens (tertiary/aromatic N) is 4. The molecule has 1 saturated heterocycles. The Kier molecular flexibility index (Phi) is 4.53. The second-order valence-corrected chi connectivity index (χ2v) is 7.04. The smallest absolute Gasteiger partial charge is 0.244 e. The van der Waals surface area contributed by atoms with Gasteiger partial charge in [0.2, 0.25) is 5.91 Å². The van der Waals surface area contributed by atoms with Gasteiger partial charge in [-0.2, -0.15) is 5.10 Å². The zero-order chi connectivity index (χ0) is 17.2. The Morgan fingerprint density at radius 2 is 2.00 bits per heavy atom. The second kappa shape index (κ2) is 6.96. The van der Waals surface area contributed by atoms with Crippen molar-refractivity contribution in [2.24, 2.45) is 0 Å². The molecule has 2 aromatic rings. The van der Waals surface area contributed by atoms with E-state index in [2.05, 4.69) is 15.4 Å². The number of likely N-dealkylation sites (tertiary alicyclic amines) is 1. The van der Waals surface area contributed by atoms with Crippen molar-refractivity contribution >= 4 is 5.91 Å². The zero-order valence-electron chi connectivity index (χ0n) is 14.7. The minimum atomic E-state index is -0.282. The summed E-state index contributed by atoms with van der Waals surface area (Å²) in [5, 5.41) is 8.09. The van der Waals surface area contributed by atoms with Crippen LogP contribution in [-0.2, 0) is 17.8 Å². The fourth-order valence-electron chi connectivity index (χ4n) is 3.88. The number of benzene rings is 1. The summed E-state index contributed by atoms with van der Waals surface area (Å²) in [6.07, 6.45) is 4.10. The van der Waals surface area contributed by atoms with Crippen LogP contribution in [0.3, 0.4) is 0 Å². The van der Waals surface area contributed by atoms with E-state index in [1.807, 2.05) is 46.8 Å². The molecule has 1 N–H and O–H groups in total. The molecule has 0 radical (unpaired) electrons. The van der Waals surface area contributed by atoms with Crippen molar-refractivity contribution in [3.8, 4) is 0 Å². The lowest BCUT2D eigenvalue weighted by Crippen LogP contribution is -2.46. The van der Waals surface area contributed by atoms with E-state index in [4.69, 9.17) is 0 Å². The van der Waals surface area contributed by atoms with E-state index in [-0.39, 0.29) is 18.0 Å². The number of amides is 1. The third-order valence-corrected chi connectivity index (χ3v) is 5.16. The van der Waals surface area contributed by atoms with Crippen LogP contribution < -0.4 is 5.32 Å². The third kappa shape index (κ3) is 3.44. The van der Waals surface area contributed by atoms with Crippen LogP contribution >= 0.6 is 0 Å². The van der Waals surface area contributed by atoms with Gasteiger partial charge in [0.1, 0.15) is 17.7 Å². The first-order valence-electron chi connectivity index (χ1n) is 9.21. The molecule has 1 aromatic carbocycles. The summed E-state index contributed by atoms with van der Waals surface area (Å²) in [7, 11) is 0. The molecule has 1 amide bonds. The third-order valence-electron chi connectivity index (χ3n) is 5.16. The fraction of sp³-hybridized carbons (Fsp3) is 0.526. The molecule has 0 aliphatic carbocycles. The maximum atomic E-state index is 13.1. The van der Waals surface area contributed by atoms with Crippen molar-refractivity contribution in [2.75, 3.05) is 13.1 Å². The van der Waals surface area contributed by atoms with Crippen molar-refractivity contribution in [3.63, 3.8) is 0 Å². The molecule has 2 atom stereocenters. The first-order valence-corrected chi connectivity index (χ1v) is 9.21. The molecule has 6 nitrogen and oxygen atoms in total. The van der Waals surface area contributed by atoms with Crippen LogP contribution in [0.1, 0.15) is 42.5 Å². The summed E-state index contributed by atoms with van der Waals surface area (Å²) < 4.78 is 1.99. The predicted octanol–water partition coefficient (Wildman–Crippen LogP) is 1.85. The molecule has 6 heteroatoms. The molecule has 2 aliphatic heterocycles. The molecular weight excluding hydrogens is 314 g/mol. The fourth-order valence-corrected chi connectivity index (χ4v) is 3.88. The average Bonchev–Trinajstić information content (AvgIpc) is 3.28. The van der Waals surface area contributed by atoms with Gasteiger partial charge in [0, 0.05) is 25.6 Å². The van der Waals surface area contributed by atoms with E-state index in [9.17, 15) is 4.79 Å². The van der Waals surface area contributed by atoms with Gasteiger partial charge in [0.25, 0.3) is 0 Å². The molecule has 0 spiro atoms. The van der Waals surface area contributed by atoms with Gasteiger partial charge in [-0.05, 0) is 31.7 Å². The van der Waals surface area contributed by atoms with Crippen molar-refractivity contribution < 1.29 is 4.79 Å². The van der Waals surface area contributed by atoms with Crippen LogP contribution in [0, 0.1) is 6.92 Å². The highest BCUT2D eigenvalue weighted by Gasteiger charge is 2.31. The summed E-state index contributed by atoms with van der Waals surface area (Å²) in [5.41, 5.74) is 1.04. The number of hydrogen-bond acceptors (Lipinski definition) is 4. The van der Waals surface area contributed by atoms with Gasteiger partial charge in [-0.3, -0.25) is 10.1 Å². The first-order chi connectivity index (χ1) is 12.2. The van der Waals surface area contributed by atoms with Gasteiger partial charge in [-0.1, -0.05) is 30.3 Å². The van der Waals surface area contributed by atoms with Gasteiger partial charge in [0.15, 0.2) is 0 Å². The van der Waals surface area contributed by atoms with Gasteiger partial charge in [0.05, 0.1) is 6.54 Å². The largest absolute Gasteiger partial charge is 0.341 e. The highest BCUT2D eigenvalue weighted by Crippen LogP contribution is 2.22. The highest BCUT2D eigenvalue weighted by atomic mass is 16.2. The van der Waals surface area contributed by atoms with Crippen LogP contribution in [0.15, 0.2) is 30.3 Å². The Labute approximate surface area is 148 Å². The van der Waals surface area contributed by atoms with Crippen molar-refractivity contribution in [1.82, 2.24) is 25.0 Å². The van der Waals surface area contributed by atoms with Gasteiger partial charge < -0.3 is 4.90 Å². The summed E-state index contributed by atoms with van der Waals surface area (Å²) in [6.45, 7) is 4.45. The first kappa shape index (κ1) is 16.3. The van der Waals surface area contributed by atoms with Crippen molar-refractivity contribution in [3.05, 3.63) is 47.5 Å². The number of nitrogens with one attached hydrogen (secondary N) is 1. The Hall–Kier alpha value is -2.21. The summed E-state index contributed by atoms with van der Waals surface area (Å²) in [4.78, 5) is 19.6. The van der Waals surface area contributed by atoms with E-state index in [1.54, 1.807) is 0 Å². The second-order valence-electron chi connectivity index (χ2n) is 7.04. The SMILES string of the molecule is Cc1nc2n(n1)CC(NC(C(=O)N1CCCC1)c1ccccc1)CC2. The molecular formula is C19H25N5O. The summed E-state index contributed by atoms with van der Waals surface area (Å²) in [6, 6.07) is 10.0. The molecule has 0 bridgehead atoms. The van der Waals surface area contributed by atoms with Gasteiger partial charge >= 0.3 is 0 Å². The van der Waals surface area contributed by atoms with Crippen LogP contribution in [0.5, 0.6) is 0 Å². The normalized spacial score (nSPS) is 21.2. The van der Waals surface area contributed by atoms with Crippen LogP contribution in [0.2, 0.25) is 0 Å². The lowest BCUT2D eigenvalue weighted by molar-refractivity contribution is -0.132. The lowest BCUT2D eigenvalue weighted by Gasteiger charge is -2.30. The molecule has 2 unspecified atom stereocenters. The molecule has 4 rings (SSSR count). The van der Waals surface area contributed by atoms with Crippen molar-refractivity contribution in [1.29, 1.82) is 0 Å². The molecule has 132 valence electrons. The van der Waals surface area contributed by atoms with E-state index in [0.29, 0.717) is 0 Å². The van der Waals surface area contributed by atoms with Crippen LogP contribution in [0.25, 0.3) is 0 Å². The van der Waals surface area contributed by atoms with Crippen LogP contribution in [-0.4, -0.2) is 44.7 Å². The molecule has 2 aliphatic rings. The maximum absolute atomic E-state index is 13.1. The molecule has 1 aromatic heterocycles. The van der Waals surface area contributed by atoms with Gasteiger partial charge in [-0.15, -0.1) is 0 Å². The highest BCUT2D eigenvalue weighted by molar-refractivity contribution is 5.83. The molecule has 3 heterocycles. The van der Waals surface area contributed by atoms with Crippen molar-refractivity contribution in [2.45, 2.75) is 51.2 Å². The minimum Gasteiger partial charge on any atom is -0.341 e. The lowest BCUT2D eigenvalue weighted by atomic mass is 10.0.